The first-order chi connectivity index (χ1) is 7.99. The van der Waals surface area contributed by atoms with Gasteiger partial charge < -0.3 is 5.11 Å². The average Bonchev–Trinajstić information content (AvgIpc) is 2.65. The summed E-state index contributed by atoms with van der Waals surface area (Å²) >= 11 is 12.8. The van der Waals surface area contributed by atoms with Crippen LogP contribution in [0.5, 0.6) is 0 Å². The molecule has 1 heterocycles. The second kappa shape index (κ2) is 5.06. The smallest absolute Gasteiger partial charge is 0.111 e. The van der Waals surface area contributed by atoms with Crippen LogP contribution in [0.3, 0.4) is 0 Å². The number of aliphatic hydroxyl groups is 1. The molecular weight excluding hydrogens is 373 g/mol. The highest BCUT2D eigenvalue weighted by molar-refractivity contribution is 9.11. The number of rotatable bonds is 2. The molecular formula is C10H8Br2ClN3O. The summed E-state index contributed by atoms with van der Waals surface area (Å²) in [5.74, 6) is 0. The van der Waals surface area contributed by atoms with Crippen LogP contribution in [-0.2, 0) is 0 Å². The highest BCUT2D eigenvalue weighted by Gasteiger charge is 2.13. The Labute approximate surface area is 120 Å². The van der Waals surface area contributed by atoms with Crippen LogP contribution >= 0.6 is 43.5 Å². The van der Waals surface area contributed by atoms with E-state index in [1.54, 1.807) is 29.9 Å². The summed E-state index contributed by atoms with van der Waals surface area (Å²) < 4.78 is 3.16. The molecule has 0 aliphatic carbocycles. The molecule has 1 aromatic carbocycles. The largest absolute Gasteiger partial charge is 0.387 e. The van der Waals surface area contributed by atoms with E-state index in [0.29, 0.717) is 10.7 Å². The second-order valence-corrected chi connectivity index (χ2v) is 5.63. The minimum absolute atomic E-state index is 0.513. The molecule has 1 aromatic heterocycles. The van der Waals surface area contributed by atoms with Gasteiger partial charge in [0.2, 0.25) is 0 Å². The molecule has 0 radical (unpaired) electrons. The summed E-state index contributed by atoms with van der Waals surface area (Å²) in [5.41, 5.74) is 1.30. The van der Waals surface area contributed by atoms with E-state index < -0.39 is 6.10 Å². The van der Waals surface area contributed by atoms with Gasteiger partial charge in [0.1, 0.15) is 5.69 Å². The number of hydrogen-bond acceptors (Lipinski definition) is 3. The molecule has 0 saturated heterocycles. The van der Waals surface area contributed by atoms with E-state index in [9.17, 15) is 5.11 Å². The Kier molecular flexibility index (Phi) is 3.87. The normalized spacial score (nSPS) is 12.8. The first kappa shape index (κ1) is 13.0. The van der Waals surface area contributed by atoms with E-state index in [0.717, 1.165) is 14.6 Å². The lowest BCUT2D eigenvalue weighted by Crippen LogP contribution is -1.97. The number of aromatic nitrogens is 3. The maximum absolute atomic E-state index is 9.41. The highest BCUT2D eigenvalue weighted by Crippen LogP contribution is 2.32. The van der Waals surface area contributed by atoms with Gasteiger partial charge in [-0.25, -0.2) is 4.68 Å². The maximum atomic E-state index is 9.41. The Hall–Kier alpha value is -0.430. The SMILES string of the molecule is CC(O)c1cn(-c2c(Br)cc(Cl)cc2Br)nn1. The van der Waals surface area contributed by atoms with Gasteiger partial charge in [0.25, 0.3) is 0 Å². The fourth-order valence-electron chi connectivity index (χ4n) is 1.33. The fourth-order valence-corrected chi connectivity index (χ4v) is 3.36. The first-order valence-corrected chi connectivity index (χ1v) is 6.70. The standard InChI is InChI=1S/C10H8Br2ClN3O/c1-5(17)9-4-16(15-14-9)10-7(11)2-6(13)3-8(10)12/h2-5,17H,1H3. The van der Waals surface area contributed by atoms with Crippen molar-refractivity contribution in [3.63, 3.8) is 0 Å². The average molecular weight is 381 g/mol. The van der Waals surface area contributed by atoms with Crippen LogP contribution in [-0.4, -0.2) is 20.1 Å². The van der Waals surface area contributed by atoms with Gasteiger partial charge >= 0.3 is 0 Å². The van der Waals surface area contributed by atoms with Gasteiger partial charge in [-0.2, -0.15) is 0 Å². The van der Waals surface area contributed by atoms with E-state index in [-0.39, 0.29) is 0 Å². The van der Waals surface area contributed by atoms with Crippen molar-refractivity contribution in [3.8, 4) is 5.69 Å². The van der Waals surface area contributed by atoms with Crippen molar-refractivity contribution < 1.29 is 5.11 Å². The van der Waals surface area contributed by atoms with Gasteiger partial charge in [0.05, 0.1) is 18.0 Å². The molecule has 7 heteroatoms. The van der Waals surface area contributed by atoms with Crippen LogP contribution in [0.15, 0.2) is 27.3 Å². The Bertz CT molecular complexity index is 533. The van der Waals surface area contributed by atoms with E-state index in [1.807, 2.05) is 0 Å². The van der Waals surface area contributed by atoms with Crippen LogP contribution in [0.4, 0.5) is 0 Å². The summed E-state index contributed by atoms with van der Waals surface area (Å²) in [5, 5.41) is 17.9. The Morgan fingerprint density at radius 1 is 1.35 bits per heavy atom. The van der Waals surface area contributed by atoms with Crippen LogP contribution in [0, 0.1) is 0 Å². The summed E-state index contributed by atoms with van der Waals surface area (Å²) in [7, 11) is 0. The van der Waals surface area contributed by atoms with Crippen molar-refractivity contribution >= 4 is 43.5 Å². The van der Waals surface area contributed by atoms with Crippen LogP contribution in [0.2, 0.25) is 5.02 Å². The molecule has 90 valence electrons. The Balaban J connectivity index is 2.52. The number of halogens is 3. The Morgan fingerprint density at radius 3 is 2.41 bits per heavy atom. The number of aliphatic hydroxyl groups excluding tert-OH is 1. The van der Waals surface area contributed by atoms with Crippen LogP contribution < -0.4 is 0 Å². The zero-order valence-corrected chi connectivity index (χ0v) is 12.7. The lowest BCUT2D eigenvalue weighted by atomic mass is 10.3. The highest BCUT2D eigenvalue weighted by atomic mass is 79.9. The minimum atomic E-state index is -0.645. The molecule has 1 unspecified atom stereocenters. The molecule has 0 aliphatic rings. The lowest BCUT2D eigenvalue weighted by Gasteiger charge is -2.07. The number of benzene rings is 1. The van der Waals surface area contributed by atoms with Crippen molar-refractivity contribution in [1.82, 2.24) is 15.0 Å². The van der Waals surface area contributed by atoms with E-state index >= 15 is 0 Å². The van der Waals surface area contributed by atoms with E-state index in [2.05, 4.69) is 42.2 Å². The monoisotopic (exact) mass is 379 g/mol. The molecule has 0 bridgehead atoms. The number of hydrogen-bond donors (Lipinski definition) is 1. The predicted octanol–water partition coefficient (Wildman–Crippen LogP) is 3.50. The van der Waals surface area contributed by atoms with Gasteiger partial charge in [-0.15, -0.1) is 5.10 Å². The third kappa shape index (κ3) is 2.70. The van der Waals surface area contributed by atoms with E-state index in [4.69, 9.17) is 11.6 Å². The second-order valence-electron chi connectivity index (χ2n) is 3.48. The van der Waals surface area contributed by atoms with Crippen LogP contribution in [0.1, 0.15) is 18.7 Å². The minimum Gasteiger partial charge on any atom is -0.387 e. The summed E-state index contributed by atoms with van der Waals surface area (Å²) in [4.78, 5) is 0. The van der Waals surface area contributed by atoms with Gasteiger partial charge in [-0.3, -0.25) is 0 Å². The van der Waals surface area contributed by atoms with Gasteiger partial charge in [-0.1, -0.05) is 16.8 Å². The van der Waals surface area contributed by atoms with Crippen molar-refractivity contribution in [2.24, 2.45) is 0 Å². The molecule has 2 aromatic rings. The summed E-state index contributed by atoms with van der Waals surface area (Å²) in [6.45, 7) is 1.64. The topological polar surface area (TPSA) is 50.9 Å². The van der Waals surface area contributed by atoms with Crippen molar-refractivity contribution in [3.05, 3.63) is 38.0 Å². The van der Waals surface area contributed by atoms with Crippen molar-refractivity contribution in [2.75, 3.05) is 0 Å². The van der Waals surface area contributed by atoms with Crippen molar-refractivity contribution in [2.45, 2.75) is 13.0 Å². The number of nitrogens with zero attached hydrogens (tertiary/aromatic N) is 3. The molecule has 0 aliphatic heterocycles. The quantitative estimate of drug-likeness (QED) is 0.866. The van der Waals surface area contributed by atoms with Gasteiger partial charge in [-0.05, 0) is 50.9 Å². The summed E-state index contributed by atoms with van der Waals surface area (Å²) in [6, 6.07) is 3.54. The summed E-state index contributed by atoms with van der Waals surface area (Å²) in [6.07, 6.45) is 1.03. The fraction of sp³-hybridized carbons (Fsp3) is 0.200. The zero-order valence-electron chi connectivity index (χ0n) is 8.73. The Morgan fingerprint density at radius 2 is 1.94 bits per heavy atom. The molecule has 1 atom stereocenters. The molecule has 17 heavy (non-hydrogen) atoms. The molecule has 1 N–H and O–H groups in total. The molecule has 4 nitrogen and oxygen atoms in total. The molecule has 0 saturated carbocycles. The molecule has 0 spiro atoms. The lowest BCUT2D eigenvalue weighted by molar-refractivity contribution is 0.194. The van der Waals surface area contributed by atoms with E-state index in [1.165, 1.54) is 0 Å². The predicted molar refractivity (Wildman–Crippen MR) is 72.4 cm³/mol. The van der Waals surface area contributed by atoms with Gasteiger partial charge in [0, 0.05) is 14.0 Å². The maximum Gasteiger partial charge on any atom is 0.111 e. The third-order valence-corrected chi connectivity index (χ3v) is 3.58. The third-order valence-electron chi connectivity index (χ3n) is 2.15. The first-order valence-electron chi connectivity index (χ1n) is 4.74. The zero-order chi connectivity index (χ0) is 12.6. The van der Waals surface area contributed by atoms with Gasteiger partial charge in [0.15, 0.2) is 0 Å². The molecule has 0 fully saturated rings. The van der Waals surface area contributed by atoms with Crippen LogP contribution in [0.25, 0.3) is 5.69 Å². The molecule has 0 amide bonds. The molecule has 2 rings (SSSR count). The van der Waals surface area contributed by atoms with Crippen molar-refractivity contribution in [1.29, 1.82) is 0 Å².